The van der Waals surface area contributed by atoms with Gasteiger partial charge in [-0.2, -0.15) is 13.2 Å². The van der Waals surface area contributed by atoms with Crippen molar-refractivity contribution in [2.24, 2.45) is 5.92 Å². The minimum atomic E-state index is -4.90. The van der Waals surface area contributed by atoms with Gasteiger partial charge in [-0.05, 0) is 57.4 Å². The second-order valence-corrected chi connectivity index (χ2v) is 8.85. The molecule has 1 aromatic rings. The first-order chi connectivity index (χ1) is 13.5. The first kappa shape index (κ1) is 21.5. The second kappa shape index (κ2) is 7.88. The summed E-state index contributed by atoms with van der Waals surface area (Å²) < 4.78 is 44.6. The summed E-state index contributed by atoms with van der Waals surface area (Å²) in [6.07, 6.45) is -4.21. The van der Waals surface area contributed by atoms with Gasteiger partial charge in [0, 0.05) is 18.6 Å². The van der Waals surface area contributed by atoms with Gasteiger partial charge < -0.3 is 15.0 Å². The number of nitrogens with zero attached hydrogens (tertiary/aromatic N) is 1. The Balaban J connectivity index is 1.72. The molecule has 5 nitrogen and oxygen atoms in total. The summed E-state index contributed by atoms with van der Waals surface area (Å²) in [5, 5.41) is 2.76. The molecule has 0 aromatic heterocycles. The van der Waals surface area contributed by atoms with Gasteiger partial charge in [-0.1, -0.05) is 30.3 Å². The van der Waals surface area contributed by atoms with E-state index >= 15 is 0 Å². The van der Waals surface area contributed by atoms with Crippen molar-refractivity contribution in [2.45, 2.75) is 69.8 Å². The summed E-state index contributed by atoms with van der Waals surface area (Å²) >= 11 is 0. The molecule has 2 aliphatic rings. The van der Waals surface area contributed by atoms with Gasteiger partial charge in [0.25, 0.3) is 0 Å². The summed E-state index contributed by atoms with van der Waals surface area (Å²) in [5.74, 6) is -1.71. The molecule has 3 rings (SSSR count). The normalized spacial score (nSPS) is 27.3. The first-order valence-corrected chi connectivity index (χ1v) is 9.88. The highest BCUT2D eigenvalue weighted by molar-refractivity contribution is 5.82. The average molecular weight is 412 g/mol. The quantitative estimate of drug-likeness (QED) is 0.808. The van der Waals surface area contributed by atoms with Gasteiger partial charge >= 0.3 is 18.2 Å². The molecule has 2 unspecified atom stereocenters. The molecular weight excluding hydrogens is 385 g/mol. The fraction of sp³-hybridized carbons (Fsp3) is 0.619. The number of amides is 2. The van der Waals surface area contributed by atoms with E-state index in [2.05, 4.69) is 5.32 Å². The number of benzene rings is 1. The highest BCUT2D eigenvalue weighted by Crippen LogP contribution is 2.52. The molecule has 8 heteroatoms. The van der Waals surface area contributed by atoms with Crippen molar-refractivity contribution < 1.29 is 27.5 Å². The molecule has 1 aliphatic heterocycles. The number of nitrogens with one attached hydrogen (secondary N) is 1. The molecule has 29 heavy (non-hydrogen) atoms. The lowest BCUT2D eigenvalue weighted by Crippen LogP contribution is -2.56. The van der Waals surface area contributed by atoms with Crippen LogP contribution < -0.4 is 5.32 Å². The molecular formula is C21H27F3N2O3. The molecule has 1 heterocycles. The van der Waals surface area contributed by atoms with Crippen LogP contribution in [0.3, 0.4) is 0 Å². The number of alkyl halides is 3. The largest absolute Gasteiger partial charge is 0.471 e. The van der Waals surface area contributed by atoms with E-state index in [1.54, 1.807) is 20.8 Å². The molecule has 1 saturated heterocycles. The van der Waals surface area contributed by atoms with E-state index in [1.165, 1.54) is 0 Å². The van der Waals surface area contributed by atoms with E-state index in [9.17, 15) is 22.8 Å². The standard InChI is InChI=1S/C21H27F3N2O3/c1-20(2,3)29-19(28)25-14-9-10-26(18(27)21(22,23)24)17(11-14)16-12-15(16)13-7-5-4-6-8-13/h4-8,14-17H,9-12H2,1-3H3,(H,25,28)/t14?,15-,16-,17?/m1/s1. The highest BCUT2D eigenvalue weighted by atomic mass is 19.4. The molecule has 2 fully saturated rings. The third kappa shape index (κ3) is 5.42. The first-order valence-electron chi connectivity index (χ1n) is 9.88. The van der Waals surface area contributed by atoms with Crippen molar-refractivity contribution in [1.29, 1.82) is 0 Å². The third-order valence-electron chi connectivity index (χ3n) is 5.43. The van der Waals surface area contributed by atoms with E-state index in [-0.39, 0.29) is 37.3 Å². The van der Waals surface area contributed by atoms with Crippen molar-refractivity contribution in [2.75, 3.05) is 6.54 Å². The van der Waals surface area contributed by atoms with Crippen LogP contribution in [-0.4, -0.2) is 47.3 Å². The number of halogens is 3. The molecule has 1 saturated carbocycles. The Bertz CT molecular complexity index is 746. The number of likely N-dealkylation sites (tertiary alicyclic amines) is 1. The average Bonchev–Trinajstić information content (AvgIpc) is 3.40. The van der Waals surface area contributed by atoms with E-state index in [1.807, 2.05) is 30.3 Å². The van der Waals surface area contributed by atoms with E-state index in [0.29, 0.717) is 0 Å². The smallest absolute Gasteiger partial charge is 0.444 e. The third-order valence-corrected chi connectivity index (χ3v) is 5.43. The second-order valence-electron chi connectivity index (χ2n) is 8.85. The Morgan fingerprint density at radius 1 is 1.10 bits per heavy atom. The summed E-state index contributed by atoms with van der Waals surface area (Å²) in [6, 6.07) is 8.71. The number of alkyl carbamates (subject to hydrolysis) is 1. The lowest BCUT2D eigenvalue weighted by Gasteiger charge is -2.40. The van der Waals surface area contributed by atoms with Crippen LogP contribution in [0.1, 0.15) is 51.5 Å². The van der Waals surface area contributed by atoms with Crippen molar-refractivity contribution in [3.63, 3.8) is 0 Å². The molecule has 160 valence electrons. The van der Waals surface area contributed by atoms with E-state index in [0.717, 1.165) is 16.9 Å². The van der Waals surface area contributed by atoms with Gasteiger partial charge in [0.2, 0.25) is 0 Å². The molecule has 0 radical (unpaired) electrons. The van der Waals surface area contributed by atoms with Crippen LogP contribution in [0.15, 0.2) is 30.3 Å². The molecule has 1 aliphatic carbocycles. The lowest BCUT2D eigenvalue weighted by molar-refractivity contribution is -0.190. The summed E-state index contributed by atoms with van der Waals surface area (Å²) in [7, 11) is 0. The molecule has 2 amide bonds. The number of rotatable bonds is 3. The molecule has 1 aromatic carbocycles. The van der Waals surface area contributed by atoms with Crippen LogP contribution >= 0.6 is 0 Å². The van der Waals surface area contributed by atoms with Crippen LogP contribution in [0.2, 0.25) is 0 Å². The predicted octanol–water partition coefficient (Wildman–Crippen LogP) is 4.24. The van der Waals surface area contributed by atoms with E-state index < -0.39 is 29.8 Å². The Hall–Kier alpha value is -2.25. The zero-order valence-electron chi connectivity index (χ0n) is 16.8. The van der Waals surface area contributed by atoms with Crippen LogP contribution in [0.5, 0.6) is 0 Å². The Labute approximate surface area is 168 Å². The number of hydrogen-bond donors (Lipinski definition) is 1. The van der Waals surface area contributed by atoms with Crippen LogP contribution in [0, 0.1) is 5.92 Å². The maximum Gasteiger partial charge on any atom is 0.471 e. The Morgan fingerprint density at radius 3 is 2.34 bits per heavy atom. The van der Waals surface area contributed by atoms with Crippen molar-refractivity contribution in [3.8, 4) is 0 Å². The van der Waals surface area contributed by atoms with Crippen molar-refractivity contribution >= 4 is 12.0 Å². The summed E-state index contributed by atoms with van der Waals surface area (Å²) in [4.78, 5) is 25.1. The maximum absolute atomic E-state index is 13.1. The number of carbonyl (C=O) groups excluding carboxylic acids is 2. The van der Waals surface area contributed by atoms with E-state index in [4.69, 9.17) is 4.74 Å². The van der Waals surface area contributed by atoms with Gasteiger partial charge in [-0.25, -0.2) is 4.79 Å². The number of ether oxygens (including phenoxy) is 1. The zero-order valence-corrected chi connectivity index (χ0v) is 16.8. The molecule has 4 atom stereocenters. The van der Waals surface area contributed by atoms with Gasteiger partial charge in [0.05, 0.1) is 0 Å². The number of piperidine rings is 1. The van der Waals surface area contributed by atoms with Gasteiger partial charge in [-0.15, -0.1) is 0 Å². The Morgan fingerprint density at radius 2 is 1.76 bits per heavy atom. The fourth-order valence-corrected chi connectivity index (χ4v) is 4.15. The number of hydrogen-bond acceptors (Lipinski definition) is 3. The van der Waals surface area contributed by atoms with Gasteiger partial charge in [0.15, 0.2) is 0 Å². The minimum absolute atomic E-state index is 0.0402. The van der Waals surface area contributed by atoms with Crippen molar-refractivity contribution in [3.05, 3.63) is 35.9 Å². The van der Waals surface area contributed by atoms with Crippen molar-refractivity contribution in [1.82, 2.24) is 10.2 Å². The monoisotopic (exact) mass is 412 g/mol. The SMILES string of the molecule is CC(C)(C)OC(=O)NC1CCN(C(=O)C(F)(F)F)C([C@@H]2C[C@@H]2c2ccccc2)C1. The highest BCUT2D eigenvalue weighted by Gasteiger charge is 2.53. The van der Waals surface area contributed by atoms with Crippen LogP contribution in [0.25, 0.3) is 0 Å². The minimum Gasteiger partial charge on any atom is -0.444 e. The number of carbonyl (C=O) groups is 2. The summed E-state index contributed by atoms with van der Waals surface area (Å²) in [6.45, 7) is 5.19. The van der Waals surface area contributed by atoms with Gasteiger partial charge in [0.1, 0.15) is 5.60 Å². The summed E-state index contributed by atoms with van der Waals surface area (Å²) in [5.41, 5.74) is 0.407. The van der Waals surface area contributed by atoms with Crippen LogP contribution in [-0.2, 0) is 9.53 Å². The lowest BCUT2D eigenvalue weighted by atomic mass is 9.91. The molecule has 0 spiro atoms. The predicted molar refractivity (Wildman–Crippen MR) is 101 cm³/mol. The topological polar surface area (TPSA) is 58.6 Å². The van der Waals surface area contributed by atoms with Crippen LogP contribution in [0.4, 0.5) is 18.0 Å². The zero-order chi connectivity index (χ0) is 21.4. The van der Waals surface area contributed by atoms with Gasteiger partial charge in [-0.3, -0.25) is 4.79 Å². The molecule has 1 N–H and O–H groups in total. The maximum atomic E-state index is 13.1. The fourth-order valence-electron chi connectivity index (χ4n) is 4.15. The molecule has 0 bridgehead atoms. The Kier molecular flexibility index (Phi) is 5.83.